The van der Waals surface area contributed by atoms with Crippen molar-refractivity contribution < 1.29 is 9.72 Å². The molecule has 1 amide bonds. The molecule has 0 bridgehead atoms. The Hall–Kier alpha value is -2.18. The number of aryl methyl sites for hydroxylation is 1. The molecular formula is C15H20N4O3. The number of rotatable bonds is 3. The van der Waals surface area contributed by atoms with Crippen LogP contribution >= 0.6 is 0 Å². The maximum atomic E-state index is 12.2. The molecule has 0 spiro atoms. The van der Waals surface area contributed by atoms with Crippen LogP contribution in [-0.4, -0.2) is 46.9 Å². The van der Waals surface area contributed by atoms with Gasteiger partial charge in [0.25, 0.3) is 5.69 Å². The number of pyridine rings is 1. The van der Waals surface area contributed by atoms with Gasteiger partial charge >= 0.3 is 0 Å². The fraction of sp³-hybridized carbons (Fsp3) is 0.600. The van der Waals surface area contributed by atoms with Gasteiger partial charge in [-0.2, -0.15) is 0 Å². The van der Waals surface area contributed by atoms with E-state index in [9.17, 15) is 14.9 Å². The Labute approximate surface area is 129 Å². The van der Waals surface area contributed by atoms with E-state index in [0.29, 0.717) is 6.54 Å². The van der Waals surface area contributed by atoms with Crippen LogP contribution in [0.25, 0.3) is 0 Å². The Kier molecular flexibility index (Phi) is 3.96. The molecule has 1 saturated carbocycles. The minimum atomic E-state index is -0.428. The summed E-state index contributed by atoms with van der Waals surface area (Å²) in [5.74, 6) is 1.33. The van der Waals surface area contributed by atoms with Crippen molar-refractivity contribution in [3.05, 3.63) is 27.9 Å². The van der Waals surface area contributed by atoms with E-state index < -0.39 is 4.92 Å². The first kappa shape index (κ1) is 14.7. The molecule has 1 saturated heterocycles. The molecular weight excluding hydrogens is 284 g/mol. The van der Waals surface area contributed by atoms with E-state index in [0.717, 1.165) is 50.3 Å². The van der Waals surface area contributed by atoms with E-state index in [4.69, 9.17) is 0 Å². The molecule has 7 heteroatoms. The number of carbonyl (C=O) groups is 1. The number of aromatic nitrogens is 1. The summed E-state index contributed by atoms with van der Waals surface area (Å²) in [5, 5.41) is 10.8. The average Bonchev–Trinajstić information content (AvgIpc) is 3.33. The van der Waals surface area contributed by atoms with Gasteiger partial charge in [-0.25, -0.2) is 4.98 Å². The Morgan fingerprint density at radius 3 is 2.73 bits per heavy atom. The third-order valence-corrected chi connectivity index (χ3v) is 4.28. The summed E-state index contributed by atoms with van der Waals surface area (Å²) in [4.78, 5) is 30.9. The number of nitro groups is 1. The van der Waals surface area contributed by atoms with Gasteiger partial charge < -0.3 is 9.80 Å². The van der Waals surface area contributed by atoms with Crippen LogP contribution in [0.2, 0.25) is 0 Å². The summed E-state index contributed by atoms with van der Waals surface area (Å²) >= 11 is 0. The summed E-state index contributed by atoms with van der Waals surface area (Å²) < 4.78 is 0. The molecule has 1 aromatic heterocycles. The molecule has 1 aromatic rings. The molecule has 1 aliphatic heterocycles. The van der Waals surface area contributed by atoms with Gasteiger partial charge in [0.1, 0.15) is 12.0 Å². The number of anilines is 1. The van der Waals surface area contributed by atoms with Crippen molar-refractivity contribution in [3.8, 4) is 0 Å². The van der Waals surface area contributed by atoms with Gasteiger partial charge in [-0.3, -0.25) is 14.9 Å². The Bertz CT molecular complexity index is 600. The molecule has 1 aliphatic carbocycles. The number of hydrogen-bond acceptors (Lipinski definition) is 5. The third kappa shape index (κ3) is 3.03. The molecule has 2 aliphatic rings. The molecule has 2 fully saturated rings. The topological polar surface area (TPSA) is 79.6 Å². The second-order valence-corrected chi connectivity index (χ2v) is 6.03. The zero-order chi connectivity index (χ0) is 15.7. The van der Waals surface area contributed by atoms with Gasteiger partial charge in [0, 0.05) is 38.2 Å². The van der Waals surface area contributed by atoms with Crippen LogP contribution in [0.3, 0.4) is 0 Å². The highest BCUT2D eigenvalue weighted by atomic mass is 16.6. The fourth-order valence-corrected chi connectivity index (χ4v) is 2.92. The number of nitrogens with zero attached hydrogens (tertiary/aromatic N) is 4. The second kappa shape index (κ2) is 5.90. The number of carbonyl (C=O) groups excluding carboxylic acids is 1. The lowest BCUT2D eigenvalue weighted by Crippen LogP contribution is -2.36. The highest BCUT2D eigenvalue weighted by Gasteiger charge is 2.34. The smallest absolute Gasteiger partial charge is 0.287 e. The van der Waals surface area contributed by atoms with Gasteiger partial charge in [-0.05, 0) is 31.7 Å². The van der Waals surface area contributed by atoms with E-state index in [1.807, 2.05) is 11.8 Å². The minimum absolute atomic E-state index is 0.0154. The van der Waals surface area contributed by atoms with E-state index in [1.165, 1.54) is 6.20 Å². The number of amides is 1. The Morgan fingerprint density at radius 1 is 1.32 bits per heavy atom. The highest BCUT2D eigenvalue weighted by Crippen LogP contribution is 2.31. The lowest BCUT2D eigenvalue weighted by Gasteiger charge is -2.24. The van der Waals surface area contributed by atoms with Gasteiger partial charge in [0.05, 0.1) is 4.92 Å². The normalized spacial score (nSPS) is 19.0. The zero-order valence-electron chi connectivity index (χ0n) is 12.7. The first-order valence-electron chi connectivity index (χ1n) is 7.71. The van der Waals surface area contributed by atoms with E-state index in [-0.39, 0.29) is 17.5 Å². The molecule has 0 atom stereocenters. The maximum absolute atomic E-state index is 12.2. The van der Waals surface area contributed by atoms with Crippen molar-refractivity contribution in [2.24, 2.45) is 5.92 Å². The Balaban J connectivity index is 1.70. The van der Waals surface area contributed by atoms with Gasteiger partial charge in [0.2, 0.25) is 5.91 Å². The molecule has 0 unspecified atom stereocenters. The molecule has 0 N–H and O–H groups in total. The van der Waals surface area contributed by atoms with Crippen molar-refractivity contribution >= 4 is 17.4 Å². The second-order valence-electron chi connectivity index (χ2n) is 6.03. The number of hydrogen-bond donors (Lipinski definition) is 0. The molecule has 0 aromatic carbocycles. The first-order valence-corrected chi connectivity index (χ1v) is 7.71. The van der Waals surface area contributed by atoms with Crippen molar-refractivity contribution in [3.63, 3.8) is 0 Å². The van der Waals surface area contributed by atoms with Crippen LogP contribution < -0.4 is 4.90 Å². The van der Waals surface area contributed by atoms with Gasteiger partial charge in [-0.15, -0.1) is 0 Å². The van der Waals surface area contributed by atoms with E-state index in [2.05, 4.69) is 9.88 Å². The van der Waals surface area contributed by atoms with Crippen LogP contribution in [0, 0.1) is 23.0 Å². The Morgan fingerprint density at radius 2 is 2.09 bits per heavy atom. The van der Waals surface area contributed by atoms with Gasteiger partial charge in [0.15, 0.2) is 0 Å². The van der Waals surface area contributed by atoms with Crippen LogP contribution in [0.15, 0.2) is 12.3 Å². The fourth-order valence-electron chi connectivity index (χ4n) is 2.92. The van der Waals surface area contributed by atoms with Crippen LogP contribution in [0.4, 0.5) is 11.5 Å². The van der Waals surface area contributed by atoms with Gasteiger partial charge in [-0.1, -0.05) is 0 Å². The van der Waals surface area contributed by atoms with Crippen molar-refractivity contribution in [1.29, 1.82) is 0 Å². The van der Waals surface area contributed by atoms with Crippen LogP contribution in [0.5, 0.6) is 0 Å². The molecule has 118 valence electrons. The summed E-state index contributed by atoms with van der Waals surface area (Å²) in [5.41, 5.74) is 0.817. The SMILES string of the molecule is Cc1cc([N+](=O)[O-])cnc1N1CCCN(C(=O)C2CC2)CC1. The molecule has 7 nitrogen and oxygen atoms in total. The molecule has 0 radical (unpaired) electrons. The van der Waals surface area contributed by atoms with E-state index in [1.54, 1.807) is 6.07 Å². The quantitative estimate of drug-likeness (QED) is 0.628. The highest BCUT2D eigenvalue weighted by molar-refractivity contribution is 5.81. The standard InChI is InChI=1S/C15H20N4O3/c1-11-9-13(19(21)22)10-16-14(11)17-5-2-6-18(8-7-17)15(20)12-3-4-12/h9-10,12H,2-8H2,1H3. The molecule has 22 heavy (non-hydrogen) atoms. The summed E-state index contributed by atoms with van der Waals surface area (Å²) in [6.07, 6.45) is 4.26. The van der Waals surface area contributed by atoms with E-state index >= 15 is 0 Å². The first-order chi connectivity index (χ1) is 10.6. The predicted molar refractivity (Wildman–Crippen MR) is 81.8 cm³/mol. The lowest BCUT2D eigenvalue weighted by molar-refractivity contribution is -0.385. The summed E-state index contributed by atoms with van der Waals surface area (Å²) in [6, 6.07) is 1.56. The third-order valence-electron chi connectivity index (χ3n) is 4.28. The van der Waals surface area contributed by atoms with Crippen LogP contribution in [0.1, 0.15) is 24.8 Å². The lowest BCUT2D eigenvalue weighted by atomic mass is 10.2. The summed E-state index contributed by atoms with van der Waals surface area (Å²) in [6.45, 7) is 4.88. The zero-order valence-corrected chi connectivity index (χ0v) is 12.7. The summed E-state index contributed by atoms with van der Waals surface area (Å²) in [7, 11) is 0. The molecule has 2 heterocycles. The average molecular weight is 304 g/mol. The van der Waals surface area contributed by atoms with Crippen molar-refractivity contribution in [1.82, 2.24) is 9.88 Å². The largest absolute Gasteiger partial charge is 0.355 e. The van der Waals surface area contributed by atoms with Crippen LogP contribution in [-0.2, 0) is 4.79 Å². The minimum Gasteiger partial charge on any atom is -0.355 e. The maximum Gasteiger partial charge on any atom is 0.287 e. The predicted octanol–water partition coefficient (Wildman–Crippen LogP) is 1.75. The van der Waals surface area contributed by atoms with Crippen molar-refractivity contribution in [2.45, 2.75) is 26.2 Å². The molecule has 3 rings (SSSR count). The van der Waals surface area contributed by atoms with Crippen molar-refractivity contribution in [2.75, 3.05) is 31.1 Å². The monoisotopic (exact) mass is 304 g/mol.